The van der Waals surface area contributed by atoms with Crippen LogP contribution in [0.3, 0.4) is 0 Å². The van der Waals surface area contributed by atoms with E-state index >= 15 is 0 Å². The molecule has 2 amide bonds. The molecule has 35 heavy (non-hydrogen) atoms. The Morgan fingerprint density at radius 2 is 1.69 bits per heavy atom. The second-order valence-corrected chi connectivity index (χ2v) is 9.06. The Bertz CT molecular complexity index is 1010. The number of rotatable bonds is 10. The molecular formula is C27H32N2O6. The van der Waals surface area contributed by atoms with Gasteiger partial charge in [-0.25, -0.2) is 4.79 Å². The van der Waals surface area contributed by atoms with E-state index in [1.165, 1.54) is 11.1 Å². The molecule has 2 aromatic carbocycles. The Kier molecular flexibility index (Phi) is 8.36. The van der Waals surface area contributed by atoms with Crippen molar-refractivity contribution in [2.24, 2.45) is 5.92 Å². The molecular weight excluding hydrogens is 448 g/mol. The van der Waals surface area contributed by atoms with Gasteiger partial charge in [0.05, 0.1) is 19.6 Å². The number of alkyl carbamates (subject to hydrolysis) is 1. The Morgan fingerprint density at radius 1 is 1.00 bits per heavy atom. The number of fused-ring (bicyclic) bond motifs is 3. The van der Waals surface area contributed by atoms with Gasteiger partial charge >= 0.3 is 12.1 Å². The second kappa shape index (κ2) is 11.8. The Hall–Kier alpha value is -3.39. The first-order chi connectivity index (χ1) is 17.0. The number of carbonyl (C=O) groups is 3. The second-order valence-electron chi connectivity index (χ2n) is 9.06. The molecule has 1 unspecified atom stereocenters. The van der Waals surface area contributed by atoms with Gasteiger partial charge in [-0.05, 0) is 41.0 Å². The van der Waals surface area contributed by atoms with E-state index in [9.17, 15) is 14.4 Å². The summed E-state index contributed by atoms with van der Waals surface area (Å²) in [7, 11) is 0. The van der Waals surface area contributed by atoms with E-state index < -0.39 is 12.1 Å². The standard InChI is InChI=1S/C27H32N2O6/c30-25(29-13-5-6-19(17-29)16-26(31)32)11-14-34-15-12-28-27(33)35-18-24-22-9-3-1-7-20(22)21-8-2-4-10-23(21)24/h1-4,7-10,19,24H,5-6,11-18H2,(H,28,33)(H,31,32). The third-order valence-electron chi connectivity index (χ3n) is 6.65. The third kappa shape index (κ3) is 6.39. The number of aliphatic carboxylic acids is 1. The molecule has 0 bridgehead atoms. The van der Waals surface area contributed by atoms with E-state index in [-0.39, 0.29) is 57.0 Å². The topological polar surface area (TPSA) is 105 Å². The summed E-state index contributed by atoms with van der Waals surface area (Å²) in [4.78, 5) is 37.2. The van der Waals surface area contributed by atoms with E-state index in [0.717, 1.165) is 24.0 Å². The van der Waals surface area contributed by atoms with E-state index in [4.69, 9.17) is 14.6 Å². The first-order valence-electron chi connectivity index (χ1n) is 12.2. The van der Waals surface area contributed by atoms with Crippen molar-refractivity contribution in [2.45, 2.75) is 31.6 Å². The quantitative estimate of drug-likeness (QED) is 0.503. The molecule has 1 fully saturated rings. The minimum Gasteiger partial charge on any atom is -0.481 e. The number of carbonyl (C=O) groups excluding carboxylic acids is 2. The number of nitrogens with zero attached hydrogens (tertiary/aromatic N) is 1. The lowest BCUT2D eigenvalue weighted by molar-refractivity contribution is -0.141. The number of likely N-dealkylation sites (tertiary alicyclic amines) is 1. The number of carboxylic acids is 1. The molecule has 0 spiro atoms. The summed E-state index contributed by atoms with van der Waals surface area (Å²) < 4.78 is 11.0. The van der Waals surface area contributed by atoms with Gasteiger partial charge in [-0.2, -0.15) is 0 Å². The molecule has 0 radical (unpaired) electrons. The van der Waals surface area contributed by atoms with Crippen LogP contribution in [0.15, 0.2) is 48.5 Å². The zero-order valence-corrected chi connectivity index (χ0v) is 19.8. The van der Waals surface area contributed by atoms with Crippen LogP contribution in [0.4, 0.5) is 4.79 Å². The fraction of sp³-hybridized carbons (Fsp3) is 0.444. The van der Waals surface area contributed by atoms with Crippen LogP contribution in [-0.4, -0.2) is 67.4 Å². The number of hydrogen-bond acceptors (Lipinski definition) is 5. The normalized spacial score (nSPS) is 16.9. The molecule has 1 atom stereocenters. The summed E-state index contributed by atoms with van der Waals surface area (Å²) in [6.45, 7) is 2.24. The number of piperidine rings is 1. The Labute approximate surface area is 205 Å². The van der Waals surface area contributed by atoms with Crippen LogP contribution in [0.1, 0.15) is 42.7 Å². The summed E-state index contributed by atoms with van der Waals surface area (Å²) in [5.74, 6) is -0.811. The fourth-order valence-electron chi connectivity index (χ4n) is 5.00. The first-order valence-corrected chi connectivity index (χ1v) is 12.2. The number of hydrogen-bond donors (Lipinski definition) is 2. The van der Waals surface area contributed by atoms with Crippen molar-refractivity contribution in [1.29, 1.82) is 0 Å². The lowest BCUT2D eigenvalue weighted by atomic mass is 9.95. The van der Waals surface area contributed by atoms with Crippen LogP contribution in [0.25, 0.3) is 11.1 Å². The summed E-state index contributed by atoms with van der Waals surface area (Å²) >= 11 is 0. The molecule has 1 aliphatic carbocycles. The van der Waals surface area contributed by atoms with E-state index in [0.29, 0.717) is 13.1 Å². The van der Waals surface area contributed by atoms with Gasteiger partial charge < -0.3 is 24.8 Å². The highest BCUT2D eigenvalue weighted by Gasteiger charge is 2.29. The first kappa shape index (κ1) is 24.7. The molecule has 1 aliphatic heterocycles. The van der Waals surface area contributed by atoms with Crippen molar-refractivity contribution >= 4 is 18.0 Å². The van der Waals surface area contributed by atoms with Crippen LogP contribution in [-0.2, 0) is 19.1 Å². The van der Waals surface area contributed by atoms with Gasteiger partial charge in [-0.15, -0.1) is 0 Å². The van der Waals surface area contributed by atoms with Crippen LogP contribution in [0.5, 0.6) is 0 Å². The van der Waals surface area contributed by atoms with Crippen molar-refractivity contribution in [3.05, 3.63) is 59.7 Å². The van der Waals surface area contributed by atoms with Crippen molar-refractivity contribution in [1.82, 2.24) is 10.2 Å². The summed E-state index contributed by atoms with van der Waals surface area (Å²) in [6.07, 6.45) is 1.51. The maximum Gasteiger partial charge on any atom is 0.407 e. The van der Waals surface area contributed by atoms with Gasteiger partial charge in [0.15, 0.2) is 0 Å². The van der Waals surface area contributed by atoms with Crippen molar-refractivity contribution < 1.29 is 29.0 Å². The van der Waals surface area contributed by atoms with E-state index in [2.05, 4.69) is 29.6 Å². The number of amides is 2. The average molecular weight is 481 g/mol. The lowest BCUT2D eigenvalue weighted by Crippen LogP contribution is -2.40. The zero-order valence-electron chi connectivity index (χ0n) is 19.8. The van der Waals surface area contributed by atoms with E-state index in [1.54, 1.807) is 4.90 Å². The maximum absolute atomic E-state index is 12.4. The van der Waals surface area contributed by atoms with Gasteiger partial charge in [0.1, 0.15) is 6.61 Å². The van der Waals surface area contributed by atoms with Crippen LogP contribution < -0.4 is 5.32 Å². The molecule has 0 saturated carbocycles. The average Bonchev–Trinajstić information content (AvgIpc) is 3.18. The molecule has 2 N–H and O–H groups in total. The summed E-state index contributed by atoms with van der Waals surface area (Å²) in [5.41, 5.74) is 4.69. The molecule has 8 heteroatoms. The minimum atomic E-state index is -0.823. The fourth-order valence-corrected chi connectivity index (χ4v) is 5.00. The van der Waals surface area contributed by atoms with Crippen LogP contribution in [0.2, 0.25) is 0 Å². The van der Waals surface area contributed by atoms with Gasteiger partial charge in [-0.1, -0.05) is 48.5 Å². The SMILES string of the molecule is O=C(O)CC1CCCN(C(=O)CCOCCNC(=O)OCC2c3ccccc3-c3ccccc32)C1. The summed E-state index contributed by atoms with van der Waals surface area (Å²) in [6, 6.07) is 16.4. The third-order valence-corrected chi connectivity index (χ3v) is 6.65. The molecule has 1 saturated heterocycles. The van der Waals surface area contributed by atoms with Crippen molar-refractivity contribution in [3.8, 4) is 11.1 Å². The molecule has 1 heterocycles. The van der Waals surface area contributed by atoms with E-state index in [1.807, 2.05) is 24.3 Å². The highest BCUT2D eigenvalue weighted by molar-refractivity contribution is 5.79. The smallest absolute Gasteiger partial charge is 0.407 e. The predicted octanol–water partition coefficient (Wildman–Crippen LogP) is 3.65. The Balaban J connectivity index is 1.12. The predicted molar refractivity (Wildman–Crippen MR) is 130 cm³/mol. The molecule has 2 aromatic rings. The van der Waals surface area contributed by atoms with Gasteiger partial charge in [0, 0.05) is 32.0 Å². The highest BCUT2D eigenvalue weighted by Crippen LogP contribution is 2.44. The van der Waals surface area contributed by atoms with Crippen molar-refractivity contribution in [2.75, 3.05) is 39.5 Å². The molecule has 4 rings (SSSR count). The van der Waals surface area contributed by atoms with Gasteiger partial charge in [0.2, 0.25) is 5.91 Å². The molecule has 186 valence electrons. The number of benzene rings is 2. The zero-order chi connectivity index (χ0) is 24.6. The van der Waals surface area contributed by atoms with Gasteiger partial charge in [-0.3, -0.25) is 9.59 Å². The number of carboxylic acid groups (broad SMARTS) is 1. The largest absolute Gasteiger partial charge is 0.481 e. The summed E-state index contributed by atoms with van der Waals surface area (Å²) in [5, 5.41) is 11.7. The monoisotopic (exact) mass is 480 g/mol. The molecule has 8 nitrogen and oxygen atoms in total. The minimum absolute atomic E-state index is 0.0142. The number of ether oxygens (including phenoxy) is 2. The van der Waals surface area contributed by atoms with Crippen LogP contribution in [0, 0.1) is 5.92 Å². The van der Waals surface area contributed by atoms with Crippen LogP contribution >= 0.6 is 0 Å². The molecule has 0 aromatic heterocycles. The lowest BCUT2D eigenvalue weighted by Gasteiger charge is -2.32. The Morgan fingerprint density at radius 3 is 2.37 bits per heavy atom. The maximum atomic E-state index is 12.4. The molecule has 2 aliphatic rings. The van der Waals surface area contributed by atoms with Gasteiger partial charge in [0.25, 0.3) is 0 Å². The number of nitrogens with one attached hydrogen (secondary N) is 1. The highest BCUT2D eigenvalue weighted by atomic mass is 16.5. The van der Waals surface area contributed by atoms with Crippen molar-refractivity contribution in [3.63, 3.8) is 0 Å².